The van der Waals surface area contributed by atoms with Crippen molar-refractivity contribution in [3.8, 4) is 0 Å². The van der Waals surface area contributed by atoms with Crippen LogP contribution >= 0.6 is 11.8 Å². The molecule has 1 fully saturated rings. The van der Waals surface area contributed by atoms with E-state index in [-0.39, 0.29) is 36.2 Å². The number of aliphatic hydroxyl groups is 1. The lowest BCUT2D eigenvalue weighted by molar-refractivity contribution is -0.268. The zero-order valence-electron chi connectivity index (χ0n) is 22.7. The van der Waals surface area contributed by atoms with Gasteiger partial charge in [0.05, 0.1) is 23.7 Å². The Balaban J connectivity index is 1.33. The van der Waals surface area contributed by atoms with Gasteiger partial charge < -0.3 is 20.3 Å². The SMILES string of the molecule is C[C@H]1[C@@H](CSc2ccccc2N)OC(c2ccc(CNS(=O)(=O)c3ccccc3)cc2)O[C@H]1c1ccc(CO)cc1. The molecule has 1 saturated heterocycles. The van der Waals surface area contributed by atoms with E-state index in [1.165, 1.54) is 0 Å². The van der Waals surface area contributed by atoms with Crippen LogP contribution < -0.4 is 10.5 Å². The molecule has 9 heteroatoms. The Morgan fingerprint density at radius 2 is 1.46 bits per heavy atom. The van der Waals surface area contributed by atoms with E-state index < -0.39 is 16.3 Å². The third kappa shape index (κ3) is 7.19. The minimum Gasteiger partial charge on any atom is -0.398 e. The smallest absolute Gasteiger partial charge is 0.240 e. The third-order valence-electron chi connectivity index (χ3n) is 7.22. The van der Waals surface area contributed by atoms with Gasteiger partial charge in [-0.1, -0.05) is 85.8 Å². The van der Waals surface area contributed by atoms with Crippen LogP contribution in [-0.4, -0.2) is 25.4 Å². The Kier molecular flexibility index (Phi) is 9.44. The molecule has 4 aromatic rings. The van der Waals surface area contributed by atoms with E-state index >= 15 is 0 Å². The van der Waals surface area contributed by atoms with Gasteiger partial charge in [0.1, 0.15) is 0 Å². The first-order valence-electron chi connectivity index (χ1n) is 13.5. The first-order chi connectivity index (χ1) is 19.8. The normalized spacial score (nSPS) is 21.0. The summed E-state index contributed by atoms with van der Waals surface area (Å²) in [6.07, 6.45) is -0.960. The summed E-state index contributed by atoms with van der Waals surface area (Å²) in [5.74, 6) is 0.745. The highest BCUT2D eigenvalue weighted by Gasteiger charge is 2.38. The highest BCUT2D eigenvalue weighted by molar-refractivity contribution is 7.99. The second-order valence-corrected chi connectivity index (χ2v) is 12.9. The second kappa shape index (κ2) is 13.2. The number of nitrogen functional groups attached to an aromatic ring is 1. The van der Waals surface area contributed by atoms with Crippen LogP contribution in [0.1, 0.15) is 41.6 Å². The van der Waals surface area contributed by atoms with E-state index in [1.807, 2.05) is 72.8 Å². The summed E-state index contributed by atoms with van der Waals surface area (Å²) in [4.78, 5) is 1.24. The molecule has 0 aliphatic carbocycles. The van der Waals surface area contributed by atoms with Crippen molar-refractivity contribution in [1.29, 1.82) is 0 Å². The van der Waals surface area contributed by atoms with Gasteiger partial charge in [-0.05, 0) is 41.0 Å². The first kappa shape index (κ1) is 29.3. The number of nitrogens with one attached hydrogen (secondary N) is 1. The van der Waals surface area contributed by atoms with Gasteiger partial charge in [-0.2, -0.15) is 0 Å². The maximum absolute atomic E-state index is 12.6. The van der Waals surface area contributed by atoms with Crippen molar-refractivity contribution in [3.05, 3.63) is 125 Å². The van der Waals surface area contributed by atoms with Gasteiger partial charge in [0.15, 0.2) is 6.29 Å². The largest absolute Gasteiger partial charge is 0.398 e. The second-order valence-electron chi connectivity index (χ2n) is 10.0. The molecule has 0 saturated carbocycles. The monoisotopic (exact) mass is 590 g/mol. The van der Waals surface area contributed by atoms with Crippen LogP contribution in [0, 0.1) is 5.92 Å². The van der Waals surface area contributed by atoms with Crippen molar-refractivity contribution in [2.45, 2.75) is 48.4 Å². The fourth-order valence-corrected chi connectivity index (χ4v) is 6.92. The minimum absolute atomic E-state index is 0.0152. The van der Waals surface area contributed by atoms with E-state index in [0.29, 0.717) is 5.75 Å². The first-order valence-corrected chi connectivity index (χ1v) is 15.9. The molecule has 4 N–H and O–H groups in total. The van der Waals surface area contributed by atoms with Gasteiger partial charge in [0, 0.05) is 34.4 Å². The molecule has 1 aliphatic heterocycles. The molecule has 1 unspecified atom stereocenters. The van der Waals surface area contributed by atoms with Crippen molar-refractivity contribution in [2.24, 2.45) is 5.92 Å². The van der Waals surface area contributed by atoms with E-state index in [9.17, 15) is 13.5 Å². The number of sulfonamides is 1. The van der Waals surface area contributed by atoms with Crippen LogP contribution in [0.3, 0.4) is 0 Å². The quantitative estimate of drug-likeness (QED) is 0.158. The van der Waals surface area contributed by atoms with Crippen molar-refractivity contribution in [1.82, 2.24) is 4.72 Å². The predicted octanol–water partition coefficient (Wildman–Crippen LogP) is 5.82. The molecule has 7 nitrogen and oxygen atoms in total. The Hall–Kier alpha value is -3.18. The average molecular weight is 591 g/mol. The maximum Gasteiger partial charge on any atom is 0.240 e. The predicted molar refractivity (Wildman–Crippen MR) is 161 cm³/mol. The number of aliphatic hydroxyl groups excluding tert-OH is 1. The maximum atomic E-state index is 12.6. The zero-order valence-corrected chi connectivity index (χ0v) is 24.4. The lowest BCUT2D eigenvalue weighted by Gasteiger charge is -2.41. The Morgan fingerprint density at radius 3 is 2.15 bits per heavy atom. The molecule has 0 aromatic heterocycles. The molecule has 4 aromatic carbocycles. The number of rotatable bonds is 10. The highest BCUT2D eigenvalue weighted by atomic mass is 32.2. The summed E-state index contributed by atoms with van der Waals surface area (Å²) in [7, 11) is -3.60. The number of hydrogen-bond donors (Lipinski definition) is 3. The summed E-state index contributed by atoms with van der Waals surface area (Å²) < 4.78 is 40.9. The molecule has 1 heterocycles. The lowest BCUT2D eigenvalue weighted by atomic mass is 9.91. The van der Waals surface area contributed by atoms with Crippen molar-refractivity contribution >= 4 is 27.5 Å². The number of ether oxygens (including phenoxy) is 2. The van der Waals surface area contributed by atoms with Gasteiger partial charge in [0.25, 0.3) is 0 Å². The zero-order chi connectivity index (χ0) is 28.8. The van der Waals surface area contributed by atoms with Crippen LogP contribution in [0.15, 0.2) is 113 Å². The number of para-hydroxylation sites is 1. The number of anilines is 1. The molecule has 1 aliphatic rings. The molecule has 41 heavy (non-hydrogen) atoms. The standard InChI is InChI=1S/C32H34N2O5S2/c1-22-29(21-40-30-10-6-5-9-28(30)33)38-32(39-31(22)25-15-13-24(20-35)14-16-25)26-17-11-23(12-18-26)19-34-41(36,37)27-7-3-2-4-8-27/h2-18,22,29,31-32,34-35H,19-21,33H2,1H3/t22-,29+,31+,32?/m0/s1. The molecule has 4 atom stereocenters. The van der Waals surface area contributed by atoms with Gasteiger partial charge >= 0.3 is 0 Å². The Bertz CT molecular complexity index is 1530. The van der Waals surface area contributed by atoms with Crippen molar-refractivity contribution in [2.75, 3.05) is 11.5 Å². The summed E-state index contributed by atoms with van der Waals surface area (Å²) in [5.41, 5.74) is 10.4. The van der Waals surface area contributed by atoms with Crippen molar-refractivity contribution in [3.63, 3.8) is 0 Å². The summed E-state index contributed by atoms with van der Waals surface area (Å²) >= 11 is 1.66. The molecule has 214 valence electrons. The average Bonchev–Trinajstić information content (AvgIpc) is 3.01. The lowest BCUT2D eigenvalue weighted by Crippen LogP contribution is -2.38. The summed E-state index contributed by atoms with van der Waals surface area (Å²) in [6.45, 7) is 2.28. The number of nitrogens with two attached hydrogens (primary N) is 1. The van der Waals surface area contributed by atoms with E-state index in [4.69, 9.17) is 15.2 Å². The fraction of sp³-hybridized carbons (Fsp3) is 0.250. The van der Waals surface area contributed by atoms with Gasteiger partial charge in [-0.3, -0.25) is 0 Å². The van der Waals surface area contributed by atoms with Crippen LogP contribution in [0.4, 0.5) is 5.69 Å². The highest BCUT2D eigenvalue weighted by Crippen LogP contribution is 2.43. The molecule has 5 rings (SSSR count). The Morgan fingerprint density at radius 1 is 0.829 bits per heavy atom. The fourth-order valence-electron chi connectivity index (χ4n) is 4.75. The van der Waals surface area contributed by atoms with Crippen LogP contribution in [-0.2, 0) is 32.6 Å². The molecular formula is C32H34N2O5S2. The topological polar surface area (TPSA) is 111 Å². The van der Waals surface area contributed by atoms with Crippen LogP contribution in [0.25, 0.3) is 0 Å². The molecule has 0 amide bonds. The van der Waals surface area contributed by atoms with Crippen LogP contribution in [0.5, 0.6) is 0 Å². The van der Waals surface area contributed by atoms with E-state index in [2.05, 4.69) is 11.6 Å². The Labute approximate surface area is 245 Å². The van der Waals surface area contributed by atoms with Gasteiger partial charge in [-0.25, -0.2) is 13.1 Å². The number of hydrogen-bond acceptors (Lipinski definition) is 7. The summed E-state index contributed by atoms with van der Waals surface area (Å²) in [5, 5.41) is 9.49. The van der Waals surface area contributed by atoms with E-state index in [1.54, 1.807) is 42.1 Å². The minimum atomic E-state index is -3.60. The third-order valence-corrected chi connectivity index (χ3v) is 9.81. The van der Waals surface area contributed by atoms with Gasteiger partial charge in [0.2, 0.25) is 10.0 Å². The van der Waals surface area contributed by atoms with Crippen LogP contribution in [0.2, 0.25) is 0 Å². The molecule has 0 radical (unpaired) electrons. The van der Waals surface area contributed by atoms with Gasteiger partial charge in [-0.15, -0.1) is 11.8 Å². The van der Waals surface area contributed by atoms with Crippen molar-refractivity contribution < 1.29 is 23.0 Å². The number of thioether (sulfide) groups is 1. The van der Waals surface area contributed by atoms with E-state index in [0.717, 1.165) is 32.8 Å². The molecule has 0 bridgehead atoms. The molecule has 0 spiro atoms. The number of benzene rings is 4. The summed E-state index contributed by atoms with van der Waals surface area (Å²) in [6, 6.07) is 31.5. The molecular weight excluding hydrogens is 556 g/mol.